The predicted octanol–water partition coefficient (Wildman–Crippen LogP) is 5.00. The molecule has 1 aromatic heterocycles. The number of nitrogens with zero attached hydrogens (tertiary/aromatic N) is 2. The van der Waals surface area contributed by atoms with Gasteiger partial charge in [0.25, 0.3) is 5.91 Å². The van der Waals surface area contributed by atoms with Crippen LogP contribution in [-0.4, -0.2) is 34.8 Å². The van der Waals surface area contributed by atoms with Gasteiger partial charge in [-0.05, 0) is 58.1 Å². The van der Waals surface area contributed by atoms with E-state index < -0.39 is 0 Å². The first-order chi connectivity index (χ1) is 14.6. The highest BCUT2D eigenvalue weighted by Gasteiger charge is 2.30. The van der Waals surface area contributed by atoms with Crippen LogP contribution in [0.1, 0.15) is 23.2 Å². The van der Waals surface area contributed by atoms with Crippen LogP contribution in [0.5, 0.6) is 0 Å². The zero-order valence-corrected chi connectivity index (χ0v) is 18.0. The smallest absolute Gasteiger partial charge is 0.254 e. The quantitative estimate of drug-likeness (QED) is 0.591. The molecule has 4 rings (SSSR count). The Hall–Kier alpha value is -2.99. The lowest BCUT2D eigenvalue weighted by atomic mass is 9.94. The average Bonchev–Trinajstić information content (AvgIpc) is 2.81. The normalized spacial score (nSPS) is 16.2. The van der Waals surface area contributed by atoms with Gasteiger partial charge in [-0.15, -0.1) is 0 Å². The summed E-state index contributed by atoms with van der Waals surface area (Å²) < 4.78 is 0.854. The number of likely N-dealkylation sites (tertiary alicyclic amines) is 1. The molecule has 1 fully saturated rings. The molecule has 1 aliphatic heterocycles. The summed E-state index contributed by atoms with van der Waals surface area (Å²) >= 11 is 3.34. The van der Waals surface area contributed by atoms with Gasteiger partial charge < -0.3 is 10.2 Å². The minimum absolute atomic E-state index is 0.0336. The van der Waals surface area contributed by atoms with Crippen LogP contribution in [-0.2, 0) is 4.79 Å². The molecule has 2 amide bonds. The Morgan fingerprint density at radius 3 is 2.53 bits per heavy atom. The largest absolute Gasteiger partial charge is 0.338 e. The van der Waals surface area contributed by atoms with Gasteiger partial charge in [0.1, 0.15) is 5.82 Å². The second-order valence-corrected chi connectivity index (χ2v) is 8.27. The van der Waals surface area contributed by atoms with E-state index in [0.29, 0.717) is 24.5 Å². The molecular weight excluding hydrogens is 442 g/mol. The van der Waals surface area contributed by atoms with Crippen LogP contribution in [0, 0.1) is 5.92 Å². The van der Waals surface area contributed by atoms with E-state index in [-0.39, 0.29) is 17.7 Å². The number of rotatable bonds is 4. The average molecular weight is 464 g/mol. The van der Waals surface area contributed by atoms with E-state index in [1.54, 1.807) is 17.2 Å². The Bertz CT molecular complexity index is 1040. The topological polar surface area (TPSA) is 62.3 Å². The number of hydrogen-bond acceptors (Lipinski definition) is 3. The zero-order chi connectivity index (χ0) is 20.9. The molecule has 0 bridgehead atoms. The zero-order valence-electron chi connectivity index (χ0n) is 16.4. The maximum absolute atomic E-state index is 13.3. The molecular formula is C24H22BrN3O2. The summed E-state index contributed by atoms with van der Waals surface area (Å²) in [7, 11) is 0. The minimum Gasteiger partial charge on any atom is -0.338 e. The van der Waals surface area contributed by atoms with Crippen LogP contribution in [0.3, 0.4) is 0 Å². The summed E-state index contributed by atoms with van der Waals surface area (Å²) in [6, 6.07) is 21.1. The summed E-state index contributed by atoms with van der Waals surface area (Å²) in [5, 5.41) is 2.87. The Morgan fingerprint density at radius 1 is 1.00 bits per heavy atom. The molecule has 1 aliphatic rings. The van der Waals surface area contributed by atoms with Gasteiger partial charge in [-0.3, -0.25) is 9.59 Å². The maximum atomic E-state index is 13.3. The third-order valence-corrected chi connectivity index (χ3v) is 5.77. The lowest BCUT2D eigenvalue weighted by Gasteiger charge is -2.32. The molecule has 1 saturated heterocycles. The molecule has 1 atom stereocenters. The van der Waals surface area contributed by atoms with E-state index in [0.717, 1.165) is 28.4 Å². The van der Waals surface area contributed by atoms with Crippen molar-refractivity contribution in [3.8, 4) is 11.1 Å². The summed E-state index contributed by atoms with van der Waals surface area (Å²) in [4.78, 5) is 32.1. The number of nitrogens with one attached hydrogen (secondary N) is 1. The van der Waals surface area contributed by atoms with Crippen molar-refractivity contribution < 1.29 is 9.59 Å². The molecule has 1 N–H and O–H groups in total. The lowest BCUT2D eigenvalue weighted by Crippen LogP contribution is -2.44. The van der Waals surface area contributed by atoms with Gasteiger partial charge >= 0.3 is 0 Å². The Kier molecular flexibility index (Phi) is 6.23. The SMILES string of the molecule is O=C(Nc1ccc(Br)cn1)C1CCCN(C(=O)c2ccccc2-c2ccccc2)C1. The van der Waals surface area contributed by atoms with E-state index >= 15 is 0 Å². The van der Waals surface area contributed by atoms with Crippen LogP contribution < -0.4 is 5.32 Å². The van der Waals surface area contributed by atoms with Crippen molar-refractivity contribution >= 4 is 33.6 Å². The standard InChI is InChI=1S/C24H22BrN3O2/c25-19-12-13-22(26-15-19)27-23(29)18-9-6-14-28(16-18)24(30)21-11-5-4-10-20(21)17-7-2-1-3-8-17/h1-5,7-8,10-13,15,18H,6,9,14,16H2,(H,26,27,29). The number of carbonyl (C=O) groups excluding carboxylic acids is 2. The van der Waals surface area contributed by atoms with Crippen LogP contribution in [0.25, 0.3) is 11.1 Å². The van der Waals surface area contributed by atoms with Crippen LogP contribution in [0.2, 0.25) is 0 Å². The van der Waals surface area contributed by atoms with Gasteiger partial charge in [0.2, 0.25) is 5.91 Å². The summed E-state index contributed by atoms with van der Waals surface area (Å²) in [5.74, 6) is 0.130. The van der Waals surface area contributed by atoms with Gasteiger partial charge in [0.05, 0.1) is 5.92 Å². The molecule has 0 spiro atoms. The van der Waals surface area contributed by atoms with Crippen molar-refractivity contribution in [2.24, 2.45) is 5.92 Å². The fourth-order valence-corrected chi connectivity index (χ4v) is 4.00. The summed E-state index contributed by atoms with van der Waals surface area (Å²) in [5.41, 5.74) is 2.59. The molecule has 6 heteroatoms. The van der Waals surface area contributed by atoms with Crippen molar-refractivity contribution in [3.63, 3.8) is 0 Å². The molecule has 2 heterocycles. The van der Waals surface area contributed by atoms with Crippen molar-refractivity contribution in [1.29, 1.82) is 0 Å². The fraction of sp³-hybridized carbons (Fsp3) is 0.208. The highest BCUT2D eigenvalue weighted by Crippen LogP contribution is 2.27. The number of pyridine rings is 1. The fourth-order valence-electron chi connectivity index (χ4n) is 3.76. The molecule has 30 heavy (non-hydrogen) atoms. The number of anilines is 1. The van der Waals surface area contributed by atoms with Gasteiger partial charge in [0, 0.05) is 29.3 Å². The third kappa shape index (κ3) is 4.60. The van der Waals surface area contributed by atoms with Gasteiger partial charge in [-0.1, -0.05) is 48.5 Å². The monoisotopic (exact) mass is 463 g/mol. The molecule has 1 unspecified atom stereocenters. The number of halogens is 1. The first-order valence-electron chi connectivity index (χ1n) is 9.98. The van der Waals surface area contributed by atoms with Crippen molar-refractivity contribution in [1.82, 2.24) is 9.88 Å². The highest BCUT2D eigenvalue weighted by molar-refractivity contribution is 9.10. The van der Waals surface area contributed by atoms with E-state index in [9.17, 15) is 9.59 Å². The van der Waals surface area contributed by atoms with Gasteiger partial charge in [-0.25, -0.2) is 4.98 Å². The third-order valence-electron chi connectivity index (χ3n) is 5.30. The molecule has 152 valence electrons. The molecule has 0 saturated carbocycles. The van der Waals surface area contributed by atoms with Gasteiger partial charge in [0.15, 0.2) is 0 Å². The summed E-state index contributed by atoms with van der Waals surface area (Å²) in [6.45, 7) is 1.06. The van der Waals surface area contributed by atoms with Crippen molar-refractivity contribution in [3.05, 3.63) is 83.0 Å². The van der Waals surface area contributed by atoms with Crippen LogP contribution in [0.15, 0.2) is 77.4 Å². The summed E-state index contributed by atoms with van der Waals surface area (Å²) in [6.07, 6.45) is 3.20. The second-order valence-electron chi connectivity index (χ2n) is 7.35. The molecule has 3 aromatic rings. The molecule has 5 nitrogen and oxygen atoms in total. The molecule has 2 aromatic carbocycles. The Morgan fingerprint density at radius 2 is 1.77 bits per heavy atom. The second kappa shape index (κ2) is 9.22. The maximum Gasteiger partial charge on any atom is 0.254 e. The van der Waals surface area contributed by atoms with E-state index in [2.05, 4.69) is 26.2 Å². The first-order valence-corrected chi connectivity index (χ1v) is 10.8. The van der Waals surface area contributed by atoms with Crippen molar-refractivity contribution in [2.45, 2.75) is 12.8 Å². The Balaban J connectivity index is 1.49. The van der Waals surface area contributed by atoms with E-state index in [1.165, 1.54) is 0 Å². The van der Waals surface area contributed by atoms with Crippen LogP contribution >= 0.6 is 15.9 Å². The van der Waals surface area contributed by atoms with E-state index in [4.69, 9.17) is 0 Å². The number of piperidine rings is 1. The van der Waals surface area contributed by atoms with E-state index in [1.807, 2.05) is 60.7 Å². The highest BCUT2D eigenvalue weighted by atomic mass is 79.9. The first kappa shape index (κ1) is 20.3. The molecule has 0 aliphatic carbocycles. The van der Waals surface area contributed by atoms with Crippen molar-refractivity contribution in [2.75, 3.05) is 18.4 Å². The predicted molar refractivity (Wildman–Crippen MR) is 121 cm³/mol. The number of benzene rings is 2. The van der Waals surface area contributed by atoms with Gasteiger partial charge in [-0.2, -0.15) is 0 Å². The number of hydrogen-bond donors (Lipinski definition) is 1. The number of aromatic nitrogens is 1. The Labute approximate surface area is 184 Å². The number of amides is 2. The molecule has 0 radical (unpaired) electrons. The lowest BCUT2D eigenvalue weighted by molar-refractivity contribution is -0.121. The van der Waals surface area contributed by atoms with Crippen LogP contribution in [0.4, 0.5) is 5.82 Å². The minimum atomic E-state index is -0.253. The number of carbonyl (C=O) groups is 2.